The monoisotopic (exact) mass is 524 g/mol. The van der Waals surface area contributed by atoms with Crippen LogP contribution in [0.25, 0.3) is 44.5 Å². The van der Waals surface area contributed by atoms with Crippen molar-refractivity contribution in [2.75, 3.05) is 30.0 Å². The van der Waals surface area contributed by atoms with E-state index in [9.17, 15) is 12.8 Å². The number of fused-ring (bicyclic) bond motifs is 2. The van der Waals surface area contributed by atoms with Gasteiger partial charge in [-0.2, -0.15) is 0 Å². The number of rotatable bonds is 8. The molecule has 2 aromatic carbocycles. The van der Waals surface area contributed by atoms with Crippen LogP contribution < -0.4 is 15.2 Å². The Balaban J connectivity index is 1.59. The minimum atomic E-state index is -3.92. The zero-order chi connectivity index (χ0) is 26.2. The lowest BCUT2D eigenvalue weighted by Gasteiger charge is -2.14. The number of nitrogens with two attached hydrogens (primary N) is 1. The van der Waals surface area contributed by atoms with Crippen molar-refractivity contribution < 1.29 is 21.9 Å². The van der Waals surface area contributed by atoms with Crippen LogP contribution in [0.4, 0.5) is 20.3 Å². The average molecular weight is 525 g/mol. The third kappa shape index (κ3) is 4.75. The van der Waals surface area contributed by atoms with Gasteiger partial charge in [0, 0.05) is 34.3 Å². The summed E-state index contributed by atoms with van der Waals surface area (Å²) >= 11 is 0. The number of sulfonamides is 1. The third-order valence-electron chi connectivity index (χ3n) is 5.80. The van der Waals surface area contributed by atoms with E-state index in [1.165, 1.54) is 25.3 Å². The lowest BCUT2D eigenvalue weighted by atomic mass is 10.0. The number of hydrogen-bond acceptors (Lipinski definition) is 7. The second kappa shape index (κ2) is 9.62. The molecule has 12 heteroatoms. The Bertz CT molecular complexity index is 1740. The van der Waals surface area contributed by atoms with Crippen LogP contribution in [0, 0.1) is 5.82 Å². The number of aromatic nitrogens is 4. The zero-order valence-electron chi connectivity index (χ0n) is 19.6. The Morgan fingerprint density at radius 2 is 1.97 bits per heavy atom. The molecule has 0 unspecified atom stereocenters. The summed E-state index contributed by atoms with van der Waals surface area (Å²) in [5, 5.41) is 1.32. The van der Waals surface area contributed by atoms with Crippen molar-refractivity contribution in [3.8, 4) is 28.3 Å². The van der Waals surface area contributed by atoms with Crippen LogP contribution in [0.15, 0.2) is 54.9 Å². The predicted octanol–water partition coefficient (Wildman–Crippen LogP) is 4.67. The van der Waals surface area contributed by atoms with Crippen molar-refractivity contribution in [2.24, 2.45) is 0 Å². The molecule has 3 aromatic heterocycles. The van der Waals surface area contributed by atoms with E-state index in [4.69, 9.17) is 10.5 Å². The summed E-state index contributed by atoms with van der Waals surface area (Å²) in [7, 11) is -2.46. The van der Waals surface area contributed by atoms with Gasteiger partial charge in [0.05, 0.1) is 25.2 Å². The fourth-order valence-electron chi connectivity index (χ4n) is 4.02. The number of anilines is 2. The summed E-state index contributed by atoms with van der Waals surface area (Å²) in [5.41, 5.74) is 8.36. The maximum Gasteiger partial charge on any atom is 0.232 e. The molecule has 4 N–H and O–H groups in total. The molecule has 5 aromatic rings. The second-order valence-corrected chi connectivity index (χ2v) is 10.1. The molecule has 5 rings (SSSR count). The molecule has 0 atom stereocenters. The zero-order valence-corrected chi connectivity index (χ0v) is 20.4. The minimum Gasteiger partial charge on any atom is -0.494 e. The minimum absolute atomic E-state index is 0.108. The number of halogens is 2. The molecule has 9 nitrogen and oxygen atoms in total. The van der Waals surface area contributed by atoms with E-state index in [-0.39, 0.29) is 23.5 Å². The highest BCUT2D eigenvalue weighted by molar-refractivity contribution is 7.92. The van der Waals surface area contributed by atoms with Gasteiger partial charge in [-0.25, -0.2) is 27.8 Å². The summed E-state index contributed by atoms with van der Waals surface area (Å²) in [5.74, 6) is -0.429. The summed E-state index contributed by atoms with van der Waals surface area (Å²) in [6.45, 7) is -0.789. The van der Waals surface area contributed by atoms with E-state index in [0.29, 0.717) is 33.6 Å². The molecular weight excluding hydrogens is 502 g/mol. The van der Waals surface area contributed by atoms with E-state index >= 15 is 4.39 Å². The lowest BCUT2D eigenvalue weighted by molar-refractivity contribution is 0.419. The summed E-state index contributed by atoms with van der Waals surface area (Å²) in [6, 6.07) is 11.3. The normalized spacial score (nSPS) is 11.8. The Hall–Kier alpha value is -4.32. The number of nitrogens with one attached hydrogen (secondary N) is 2. The van der Waals surface area contributed by atoms with Gasteiger partial charge in [-0.3, -0.25) is 9.11 Å². The average Bonchev–Trinajstić information content (AvgIpc) is 3.36. The maximum atomic E-state index is 15.4. The highest BCUT2D eigenvalue weighted by Gasteiger charge is 2.19. The van der Waals surface area contributed by atoms with Gasteiger partial charge < -0.3 is 15.5 Å². The molecule has 0 saturated heterocycles. The van der Waals surface area contributed by atoms with Gasteiger partial charge in [-0.05, 0) is 42.3 Å². The smallest absolute Gasteiger partial charge is 0.232 e. The highest BCUT2D eigenvalue weighted by Crippen LogP contribution is 2.37. The molecule has 0 amide bonds. The summed E-state index contributed by atoms with van der Waals surface area (Å²) in [6.07, 6.45) is 3.23. The molecular formula is C25H22F2N6O3S. The number of alkyl halides is 1. The Kier molecular flexibility index (Phi) is 6.34. The van der Waals surface area contributed by atoms with Gasteiger partial charge in [-0.1, -0.05) is 12.1 Å². The molecule has 3 heterocycles. The van der Waals surface area contributed by atoms with Crippen molar-refractivity contribution >= 4 is 43.5 Å². The molecule has 0 aliphatic rings. The first kappa shape index (κ1) is 24.4. The quantitative estimate of drug-likeness (QED) is 0.268. The largest absolute Gasteiger partial charge is 0.494 e. The number of H-pyrrole nitrogens is 1. The van der Waals surface area contributed by atoms with Crippen molar-refractivity contribution in [1.29, 1.82) is 0 Å². The van der Waals surface area contributed by atoms with Gasteiger partial charge in [0.2, 0.25) is 10.0 Å². The van der Waals surface area contributed by atoms with Crippen LogP contribution in [0.1, 0.15) is 6.42 Å². The van der Waals surface area contributed by atoms with E-state index in [1.54, 1.807) is 24.5 Å². The van der Waals surface area contributed by atoms with Crippen LogP contribution in [-0.4, -0.2) is 47.9 Å². The van der Waals surface area contributed by atoms with E-state index < -0.39 is 28.3 Å². The number of nitrogen functional groups attached to an aromatic ring is 1. The van der Waals surface area contributed by atoms with Crippen LogP contribution in [0.2, 0.25) is 0 Å². The third-order valence-corrected chi connectivity index (χ3v) is 7.15. The Labute approximate surface area is 210 Å². The van der Waals surface area contributed by atoms with Crippen LogP contribution >= 0.6 is 0 Å². The van der Waals surface area contributed by atoms with E-state index in [1.807, 2.05) is 12.1 Å². The van der Waals surface area contributed by atoms with Crippen molar-refractivity contribution in [2.45, 2.75) is 6.42 Å². The first-order valence-corrected chi connectivity index (χ1v) is 12.9. The molecule has 0 bridgehead atoms. The number of ether oxygens (including phenoxy) is 1. The van der Waals surface area contributed by atoms with Gasteiger partial charge >= 0.3 is 0 Å². The number of methoxy groups -OCH3 is 1. The fraction of sp³-hybridized carbons (Fsp3) is 0.160. The highest BCUT2D eigenvalue weighted by atomic mass is 32.2. The Morgan fingerprint density at radius 3 is 2.76 bits per heavy atom. The van der Waals surface area contributed by atoms with Crippen molar-refractivity contribution in [3.63, 3.8) is 0 Å². The van der Waals surface area contributed by atoms with Crippen molar-refractivity contribution in [3.05, 3.63) is 60.7 Å². The maximum absolute atomic E-state index is 15.4. The van der Waals surface area contributed by atoms with Gasteiger partial charge in [0.25, 0.3) is 0 Å². The SMILES string of the molecule is COc1cc(-c2cccc(NS(=O)(=O)CCCF)c2F)cc2c(N)nc(-c3cnc4[nH]ccc4c3)nc12. The predicted molar refractivity (Wildman–Crippen MR) is 139 cm³/mol. The Morgan fingerprint density at radius 1 is 1.14 bits per heavy atom. The van der Waals surface area contributed by atoms with E-state index in [0.717, 1.165) is 11.0 Å². The van der Waals surface area contributed by atoms with Gasteiger partial charge in [0.15, 0.2) is 11.6 Å². The molecule has 0 aliphatic carbocycles. The standard InChI is InChI=1S/C25H22F2N6O3S/c1-36-20-12-15(17-4-2-5-19(21(17)27)33-37(34,35)9-3-7-26)11-18-22(20)31-25(32-23(18)28)16-10-14-6-8-29-24(14)30-13-16/h2,4-6,8,10-13,33H,3,7,9H2,1H3,(H,29,30)(H2,28,31,32). The first-order chi connectivity index (χ1) is 17.8. The number of pyridine rings is 1. The summed E-state index contributed by atoms with van der Waals surface area (Å²) < 4.78 is 59.9. The fourth-order valence-corrected chi connectivity index (χ4v) is 5.11. The molecule has 0 spiro atoms. The second-order valence-electron chi connectivity index (χ2n) is 8.28. The van der Waals surface area contributed by atoms with Gasteiger partial charge in [-0.15, -0.1) is 0 Å². The van der Waals surface area contributed by atoms with Crippen LogP contribution in [0.3, 0.4) is 0 Å². The first-order valence-electron chi connectivity index (χ1n) is 11.2. The van der Waals surface area contributed by atoms with Gasteiger partial charge in [0.1, 0.15) is 22.7 Å². The topological polar surface area (TPSA) is 136 Å². The van der Waals surface area contributed by atoms with Crippen molar-refractivity contribution in [1.82, 2.24) is 19.9 Å². The molecule has 0 radical (unpaired) electrons. The number of nitrogens with zero attached hydrogens (tertiary/aromatic N) is 3. The summed E-state index contributed by atoms with van der Waals surface area (Å²) in [4.78, 5) is 16.5. The number of hydrogen-bond donors (Lipinski definition) is 3. The number of aromatic amines is 1. The molecule has 37 heavy (non-hydrogen) atoms. The number of benzene rings is 2. The lowest BCUT2D eigenvalue weighted by Crippen LogP contribution is -2.18. The van der Waals surface area contributed by atoms with Crippen LogP contribution in [-0.2, 0) is 10.0 Å². The van der Waals surface area contributed by atoms with E-state index in [2.05, 4.69) is 24.7 Å². The molecule has 0 saturated carbocycles. The van der Waals surface area contributed by atoms with Crippen LogP contribution in [0.5, 0.6) is 5.75 Å². The molecule has 190 valence electrons. The molecule has 0 aliphatic heterocycles. The molecule has 0 fully saturated rings.